The van der Waals surface area contributed by atoms with Gasteiger partial charge in [-0.25, -0.2) is 15.5 Å². The zero-order chi connectivity index (χ0) is 18.4. The Kier molecular flexibility index (Phi) is 6.19. The van der Waals surface area contributed by atoms with Crippen LogP contribution in [0.1, 0.15) is 12.8 Å². The highest BCUT2D eigenvalue weighted by Gasteiger charge is 2.34. The number of anilines is 2. The molecule has 0 aromatic carbocycles. The highest BCUT2D eigenvalue weighted by Crippen LogP contribution is 2.14. The van der Waals surface area contributed by atoms with Crippen molar-refractivity contribution < 1.29 is 19.6 Å². The lowest BCUT2D eigenvalue weighted by Gasteiger charge is -2.23. The standard InChI is InChI=1S/C14H21N7O4/c1-19(2)14-15-6-4-11(18-14)17-13(24)10-3-7-16-21(10)12(23)5-8-20(25)9-22/h4,6,9-10,16,25H,3,5,7-8H2,1-2H3,(H,15,17,18,24)/t10-/m0/s1. The van der Waals surface area contributed by atoms with Crippen molar-refractivity contribution in [3.8, 4) is 0 Å². The van der Waals surface area contributed by atoms with Crippen LogP contribution in [-0.4, -0.2) is 76.7 Å². The first kappa shape index (κ1) is 18.5. The first-order valence-electron chi connectivity index (χ1n) is 7.70. The number of nitrogens with zero attached hydrogens (tertiary/aromatic N) is 5. The molecule has 2 rings (SSSR count). The van der Waals surface area contributed by atoms with E-state index in [0.717, 1.165) is 0 Å². The fourth-order valence-corrected chi connectivity index (χ4v) is 2.30. The Hall–Kier alpha value is -2.79. The molecule has 3 N–H and O–H groups in total. The van der Waals surface area contributed by atoms with Crippen molar-refractivity contribution in [2.45, 2.75) is 18.9 Å². The largest absolute Gasteiger partial charge is 0.347 e. The third-order valence-corrected chi connectivity index (χ3v) is 3.55. The molecule has 3 amide bonds. The van der Waals surface area contributed by atoms with Gasteiger partial charge in [-0.2, -0.15) is 4.98 Å². The lowest BCUT2D eigenvalue weighted by atomic mass is 10.2. The van der Waals surface area contributed by atoms with Crippen LogP contribution in [0.3, 0.4) is 0 Å². The maximum atomic E-state index is 12.5. The van der Waals surface area contributed by atoms with Gasteiger partial charge in [0.1, 0.15) is 11.9 Å². The van der Waals surface area contributed by atoms with E-state index in [1.165, 1.54) is 11.2 Å². The number of carbonyl (C=O) groups is 3. The fraction of sp³-hybridized carbons (Fsp3) is 0.500. The Bertz CT molecular complexity index is 639. The molecule has 1 aromatic heterocycles. The minimum atomic E-state index is -0.700. The number of rotatable bonds is 7. The minimum Gasteiger partial charge on any atom is -0.347 e. The van der Waals surface area contributed by atoms with E-state index in [9.17, 15) is 14.4 Å². The topological polar surface area (TPSA) is 131 Å². The van der Waals surface area contributed by atoms with E-state index in [0.29, 0.717) is 29.8 Å². The molecular formula is C14H21N7O4. The van der Waals surface area contributed by atoms with Gasteiger partial charge in [0.05, 0.1) is 6.54 Å². The summed E-state index contributed by atoms with van der Waals surface area (Å²) in [6.07, 6.45) is 2.08. The molecule has 2 heterocycles. The van der Waals surface area contributed by atoms with Crippen molar-refractivity contribution in [3.63, 3.8) is 0 Å². The van der Waals surface area contributed by atoms with E-state index in [1.807, 2.05) is 0 Å². The highest BCUT2D eigenvalue weighted by atomic mass is 16.5. The van der Waals surface area contributed by atoms with Crippen molar-refractivity contribution >= 4 is 30.0 Å². The van der Waals surface area contributed by atoms with Crippen LogP contribution in [0, 0.1) is 0 Å². The van der Waals surface area contributed by atoms with Gasteiger partial charge in [0.2, 0.25) is 24.2 Å². The van der Waals surface area contributed by atoms with Crippen LogP contribution in [0.15, 0.2) is 12.3 Å². The smallest absolute Gasteiger partial charge is 0.250 e. The summed E-state index contributed by atoms with van der Waals surface area (Å²) in [6.45, 7) is 0.319. The molecule has 0 unspecified atom stereocenters. The molecule has 1 aliphatic heterocycles. The predicted octanol–water partition coefficient (Wildman–Crippen LogP) is -1.18. The molecule has 136 valence electrons. The average molecular weight is 351 g/mol. The molecule has 1 atom stereocenters. The zero-order valence-electron chi connectivity index (χ0n) is 14.0. The number of amides is 3. The monoisotopic (exact) mass is 351 g/mol. The van der Waals surface area contributed by atoms with Gasteiger partial charge in [-0.1, -0.05) is 0 Å². The molecule has 0 spiro atoms. The fourth-order valence-electron chi connectivity index (χ4n) is 2.30. The lowest BCUT2D eigenvalue weighted by Crippen LogP contribution is -2.48. The summed E-state index contributed by atoms with van der Waals surface area (Å²) < 4.78 is 0. The first-order valence-corrected chi connectivity index (χ1v) is 7.70. The van der Waals surface area contributed by atoms with Gasteiger partial charge in [0.25, 0.3) is 0 Å². The van der Waals surface area contributed by atoms with E-state index in [1.54, 1.807) is 25.1 Å². The molecule has 0 saturated carbocycles. The zero-order valence-corrected chi connectivity index (χ0v) is 14.0. The van der Waals surface area contributed by atoms with Crippen LogP contribution in [0.5, 0.6) is 0 Å². The first-order chi connectivity index (χ1) is 11.9. The molecule has 11 heteroatoms. The van der Waals surface area contributed by atoms with Crippen LogP contribution in [0.2, 0.25) is 0 Å². The summed E-state index contributed by atoms with van der Waals surface area (Å²) in [4.78, 5) is 45.0. The summed E-state index contributed by atoms with van der Waals surface area (Å²) >= 11 is 0. The summed E-state index contributed by atoms with van der Waals surface area (Å²) in [5.74, 6) is 0.0193. The molecular weight excluding hydrogens is 330 g/mol. The molecule has 25 heavy (non-hydrogen) atoms. The summed E-state index contributed by atoms with van der Waals surface area (Å²) in [5.41, 5.74) is 2.84. The number of hydrogen-bond donors (Lipinski definition) is 3. The Morgan fingerprint density at radius 3 is 2.96 bits per heavy atom. The summed E-state index contributed by atoms with van der Waals surface area (Å²) in [6, 6.07) is 0.862. The van der Waals surface area contributed by atoms with E-state index in [-0.39, 0.29) is 25.3 Å². The molecule has 1 saturated heterocycles. The van der Waals surface area contributed by atoms with Crippen LogP contribution in [0.25, 0.3) is 0 Å². The number of hydrazine groups is 1. The van der Waals surface area contributed by atoms with Gasteiger partial charge in [0.15, 0.2) is 0 Å². The van der Waals surface area contributed by atoms with Gasteiger partial charge in [-0.05, 0) is 12.5 Å². The lowest BCUT2D eigenvalue weighted by molar-refractivity contribution is -0.153. The van der Waals surface area contributed by atoms with E-state index >= 15 is 0 Å². The Labute approximate surface area is 144 Å². The van der Waals surface area contributed by atoms with E-state index < -0.39 is 11.9 Å². The van der Waals surface area contributed by atoms with Gasteiger partial charge in [-0.3, -0.25) is 24.6 Å². The van der Waals surface area contributed by atoms with E-state index in [2.05, 4.69) is 20.7 Å². The van der Waals surface area contributed by atoms with Gasteiger partial charge in [0, 0.05) is 33.3 Å². The minimum absolute atomic E-state index is 0.107. The predicted molar refractivity (Wildman–Crippen MR) is 87.4 cm³/mol. The summed E-state index contributed by atoms with van der Waals surface area (Å²) in [7, 11) is 3.57. The molecule has 0 aliphatic carbocycles. The third-order valence-electron chi connectivity index (χ3n) is 3.55. The maximum absolute atomic E-state index is 12.5. The van der Waals surface area contributed by atoms with Gasteiger partial charge in [-0.15, -0.1) is 0 Å². The van der Waals surface area contributed by atoms with Crippen LogP contribution >= 0.6 is 0 Å². The van der Waals surface area contributed by atoms with E-state index in [4.69, 9.17) is 5.21 Å². The van der Waals surface area contributed by atoms with Crippen molar-refractivity contribution in [2.75, 3.05) is 37.4 Å². The number of nitrogens with one attached hydrogen (secondary N) is 2. The second-order valence-electron chi connectivity index (χ2n) is 5.62. The second kappa shape index (κ2) is 8.35. The Balaban J connectivity index is 1.99. The second-order valence-corrected chi connectivity index (χ2v) is 5.62. The number of aromatic nitrogens is 2. The molecule has 0 bridgehead atoms. The summed E-state index contributed by atoms with van der Waals surface area (Å²) in [5, 5.41) is 13.3. The SMILES string of the molecule is CN(C)c1nccc(NC(=O)[C@@H]2CCNN2C(=O)CCN(O)C=O)n1. The molecule has 1 aliphatic rings. The normalized spacial score (nSPS) is 16.4. The van der Waals surface area contributed by atoms with Crippen LogP contribution < -0.4 is 15.6 Å². The molecule has 1 fully saturated rings. The number of carbonyl (C=O) groups excluding carboxylic acids is 3. The van der Waals surface area contributed by atoms with Crippen molar-refractivity contribution in [1.29, 1.82) is 0 Å². The third kappa shape index (κ3) is 4.84. The van der Waals surface area contributed by atoms with Crippen molar-refractivity contribution in [1.82, 2.24) is 25.5 Å². The Morgan fingerprint density at radius 1 is 1.52 bits per heavy atom. The Morgan fingerprint density at radius 2 is 2.28 bits per heavy atom. The van der Waals surface area contributed by atoms with Crippen molar-refractivity contribution in [3.05, 3.63) is 12.3 Å². The highest BCUT2D eigenvalue weighted by molar-refractivity contribution is 5.96. The van der Waals surface area contributed by atoms with Crippen molar-refractivity contribution in [2.24, 2.45) is 0 Å². The maximum Gasteiger partial charge on any atom is 0.250 e. The van der Waals surface area contributed by atoms with Crippen LogP contribution in [-0.2, 0) is 14.4 Å². The molecule has 11 nitrogen and oxygen atoms in total. The number of hydrogen-bond acceptors (Lipinski definition) is 8. The molecule has 0 radical (unpaired) electrons. The van der Waals surface area contributed by atoms with Gasteiger partial charge < -0.3 is 10.2 Å². The van der Waals surface area contributed by atoms with Crippen LogP contribution in [0.4, 0.5) is 11.8 Å². The molecule has 1 aromatic rings. The number of hydroxylamine groups is 2. The van der Waals surface area contributed by atoms with Gasteiger partial charge >= 0.3 is 0 Å². The quantitative estimate of drug-likeness (QED) is 0.318. The average Bonchev–Trinajstić information content (AvgIpc) is 3.09.